The van der Waals surface area contributed by atoms with Crippen LogP contribution in [0.25, 0.3) is 0 Å². The van der Waals surface area contributed by atoms with Crippen molar-refractivity contribution < 1.29 is 13.2 Å². The largest absolute Gasteiger partial charge is 0.363 e. The zero-order chi connectivity index (χ0) is 18.4. The predicted molar refractivity (Wildman–Crippen MR) is 98.7 cm³/mol. The number of primary sulfonamides is 1. The first-order valence-corrected chi connectivity index (χ1v) is 9.58. The minimum absolute atomic E-state index is 0.0519. The second kappa shape index (κ2) is 8.13. The molecule has 0 spiro atoms. The zero-order valence-corrected chi connectivity index (χ0v) is 15.2. The van der Waals surface area contributed by atoms with E-state index in [1.165, 1.54) is 12.1 Å². The highest BCUT2D eigenvalue weighted by Gasteiger charge is 2.14. The number of hydrogen-bond donors (Lipinski definition) is 2. The SMILES string of the molecule is CCN(CC(=O)NC(C)c1ccc(S(N)(=O)=O)cc1)c1ccccc1. The first-order valence-electron chi connectivity index (χ1n) is 8.03. The monoisotopic (exact) mass is 361 g/mol. The van der Waals surface area contributed by atoms with E-state index in [-0.39, 0.29) is 23.4 Å². The summed E-state index contributed by atoms with van der Waals surface area (Å²) in [5, 5.41) is 8.01. The van der Waals surface area contributed by atoms with Gasteiger partial charge in [-0.05, 0) is 43.7 Å². The van der Waals surface area contributed by atoms with E-state index in [1.54, 1.807) is 12.1 Å². The lowest BCUT2D eigenvalue weighted by atomic mass is 10.1. The van der Waals surface area contributed by atoms with Gasteiger partial charge in [-0.3, -0.25) is 4.79 Å². The van der Waals surface area contributed by atoms with Crippen LogP contribution in [0.3, 0.4) is 0 Å². The van der Waals surface area contributed by atoms with Gasteiger partial charge in [0.05, 0.1) is 17.5 Å². The number of nitrogens with one attached hydrogen (secondary N) is 1. The van der Waals surface area contributed by atoms with Crippen LogP contribution >= 0.6 is 0 Å². The van der Waals surface area contributed by atoms with Crippen molar-refractivity contribution in [3.63, 3.8) is 0 Å². The summed E-state index contributed by atoms with van der Waals surface area (Å²) < 4.78 is 22.6. The lowest BCUT2D eigenvalue weighted by molar-refractivity contribution is -0.120. The summed E-state index contributed by atoms with van der Waals surface area (Å²) in [6.07, 6.45) is 0. The molecule has 0 aromatic heterocycles. The molecule has 134 valence electrons. The molecule has 0 aliphatic carbocycles. The number of nitrogens with two attached hydrogens (primary N) is 1. The van der Waals surface area contributed by atoms with Crippen molar-refractivity contribution in [2.24, 2.45) is 5.14 Å². The lowest BCUT2D eigenvalue weighted by Gasteiger charge is -2.24. The number of amides is 1. The molecule has 0 bridgehead atoms. The van der Waals surface area contributed by atoms with Crippen molar-refractivity contribution in [1.82, 2.24) is 5.32 Å². The van der Waals surface area contributed by atoms with E-state index in [4.69, 9.17) is 5.14 Å². The van der Waals surface area contributed by atoms with Crippen molar-refractivity contribution in [1.29, 1.82) is 0 Å². The number of nitrogens with zero attached hydrogens (tertiary/aromatic N) is 1. The van der Waals surface area contributed by atoms with Crippen LogP contribution in [0.4, 0.5) is 5.69 Å². The van der Waals surface area contributed by atoms with Crippen LogP contribution in [0, 0.1) is 0 Å². The van der Waals surface area contributed by atoms with Crippen molar-refractivity contribution in [3.05, 3.63) is 60.2 Å². The highest BCUT2D eigenvalue weighted by atomic mass is 32.2. The first-order chi connectivity index (χ1) is 11.8. The maximum Gasteiger partial charge on any atom is 0.239 e. The van der Waals surface area contributed by atoms with E-state index in [2.05, 4.69) is 5.32 Å². The van der Waals surface area contributed by atoms with Crippen LogP contribution in [-0.2, 0) is 14.8 Å². The quantitative estimate of drug-likeness (QED) is 0.789. The van der Waals surface area contributed by atoms with E-state index in [9.17, 15) is 13.2 Å². The van der Waals surface area contributed by atoms with E-state index < -0.39 is 10.0 Å². The molecule has 25 heavy (non-hydrogen) atoms. The Morgan fingerprint density at radius 2 is 1.72 bits per heavy atom. The van der Waals surface area contributed by atoms with E-state index in [0.717, 1.165) is 17.8 Å². The fourth-order valence-corrected chi connectivity index (χ4v) is 3.03. The molecular formula is C18H23N3O3S. The Kier molecular flexibility index (Phi) is 6.17. The van der Waals surface area contributed by atoms with Crippen molar-refractivity contribution in [2.75, 3.05) is 18.0 Å². The van der Waals surface area contributed by atoms with E-state index in [1.807, 2.05) is 49.1 Å². The molecule has 0 heterocycles. The number of para-hydroxylation sites is 1. The van der Waals surface area contributed by atoms with Gasteiger partial charge in [-0.1, -0.05) is 30.3 Å². The van der Waals surface area contributed by atoms with Crippen LogP contribution < -0.4 is 15.4 Å². The molecule has 3 N–H and O–H groups in total. The van der Waals surface area contributed by atoms with E-state index >= 15 is 0 Å². The fourth-order valence-electron chi connectivity index (χ4n) is 2.51. The van der Waals surface area contributed by atoms with Gasteiger partial charge in [-0.2, -0.15) is 0 Å². The second-order valence-corrected chi connectivity index (χ2v) is 7.31. The Balaban J connectivity index is 2.00. The number of anilines is 1. The highest BCUT2D eigenvalue weighted by molar-refractivity contribution is 7.89. The Morgan fingerprint density at radius 3 is 2.24 bits per heavy atom. The number of benzene rings is 2. The molecular weight excluding hydrogens is 338 g/mol. The summed E-state index contributed by atoms with van der Waals surface area (Å²) in [7, 11) is -3.71. The molecule has 0 radical (unpaired) electrons. The van der Waals surface area contributed by atoms with Crippen LogP contribution in [0.5, 0.6) is 0 Å². The van der Waals surface area contributed by atoms with Crippen LogP contribution in [0.2, 0.25) is 0 Å². The van der Waals surface area contributed by atoms with Gasteiger partial charge in [0.15, 0.2) is 0 Å². The highest BCUT2D eigenvalue weighted by Crippen LogP contribution is 2.16. The minimum atomic E-state index is -3.71. The topological polar surface area (TPSA) is 92.5 Å². The van der Waals surface area contributed by atoms with Gasteiger partial charge in [-0.15, -0.1) is 0 Å². The average molecular weight is 361 g/mol. The fraction of sp³-hybridized carbons (Fsp3) is 0.278. The standard InChI is InChI=1S/C18H23N3O3S/c1-3-21(16-7-5-4-6-8-16)13-18(22)20-14(2)15-9-11-17(12-10-15)25(19,23)24/h4-12,14H,3,13H2,1-2H3,(H,20,22)(H2,19,23,24). The molecule has 0 saturated heterocycles. The molecule has 1 unspecified atom stereocenters. The van der Waals surface area contributed by atoms with Crippen molar-refractivity contribution in [2.45, 2.75) is 24.8 Å². The first kappa shape index (κ1) is 19.0. The Morgan fingerprint density at radius 1 is 1.12 bits per heavy atom. The van der Waals surface area contributed by atoms with Gasteiger partial charge < -0.3 is 10.2 Å². The molecule has 1 atom stereocenters. The zero-order valence-electron chi connectivity index (χ0n) is 14.3. The Bertz CT molecular complexity index is 805. The maximum absolute atomic E-state index is 12.3. The van der Waals surface area contributed by atoms with E-state index in [0.29, 0.717) is 0 Å². The van der Waals surface area contributed by atoms with Gasteiger partial charge in [-0.25, -0.2) is 13.6 Å². The maximum atomic E-state index is 12.3. The minimum Gasteiger partial charge on any atom is -0.363 e. The smallest absolute Gasteiger partial charge is 0.239 e. The number of sulfonamides is 1. The summed E-state index contributed by atoms with van der Waals surface area (Å²) in [4.78, 5) is 14.4. The lowest BCUT2D eigenvalue weighted by Crippen LogP contribution is -2.38. The molecule has 0 aliphatic rings. The number of carbonyl (C=O) groups excluding carboxylic acids is 1. The molecule has 0 saturated carbocycles. The number of rotatable bonds is 7. The summed E-state index contributed by atoms with van der Waals surface area (Å²) in [6, 6.07) is 15.7. The summed E-state index contributed by atoms with van der Waals surface area (Å²) in [5.74, 6) is -0.103. The average Bonchev–Trinajstić information content (AvgIpc) is 2.59. The number of hydrogen-bond acceptors (Lipinski definition) is 4. The Labute approximate surface area is 148 Å². The molecule has 0 aliphatic heterocycles. The molecule has 0 fully saturated rings. The third-order valence-corrected chi connectivity index (χ3v) is 4.85. The van der Waals surface area contributed by atoms with Gasteiger partial charge in [0.1, 0.15) is 0 Å². The van der Waals surface area contributed by atoms with Crippen LogP contribution in [-0.4, -0.2) is 27.4 Å². The van der Waals surface area contributed by atoms with Crippen molar-refractivity contribution >= 4 is 21.6 Å². The summed E-state index contributed by atoms with van der Waals surface area (Å²) in [5.41, 5.74) is 1.80. The van der Waals surface area contributed by atoms with Crippen molar-refractivity contribution in [3.8, 4) is 0 Å². The van der Waals surface area contributed by atoms with Gasteiger partial charge in [0.25, 0.3) is 0 Å². The van der Waals surface area contributed by atoms with Gasteiger partial charge >= 0.3 is 0 Å². The Hall–Kier alpha value is -2.38. The second-order valence-electron chi connectivity index (χ2n) is 5.75. The summed E-state index contributed by atoms with van der Waals surface area (Å²) >= 11 is 0. The molecule has 1 amide bonds. The molecule has 2 aromatic rings. The summed E-state index contributed by atoms with van der Waals surface area (Å²) in [6.45, 7) is 4.81. The molecule has 2 rings (SSSR count). The number of likely N-dealkylation sites (N-methyl/N-ethyl adjacent to an activating group) is 1. The molecule has 6 nitrogen and oxygen atoms in total. The van der Waals surface area contributed by atoms with Gasteiger partial charge in [0, 0.05) is 12.2 Å². The third-order valence-electron chi connectivity index (χ3n) is 3.92. The third kappa shape index (κ3) is 5.30. The number of carbonyl (C=O) groups is 1. The normalized spacial score (nSPS) is 12.4. The van der Waals surface area contributed by atoms with Crippen LogP contribution in [0.15, 0.2) is 59.5 Å². The van der Waals surface area contributed by atoms with Gasteiger partial charge in [0.2, 0.25) is 15.9 Å². The molecule has 7 heteroatoms. The predicted octanol–water partition coefficient (Wildman–Crippen LogP) is 2.04. The molecule has 2 aromatic carbocycles. The van der Waals surface area contributed by atoms with Crippen LogP contribution in [0.1, 0.15) is 25.5 Å².